The van der Waals surface area contributed by atoms with Gasteiger partial charge in [0.15, 0.2) is 6.61 Å². The van der Waals surface area contributed by atoms with Crippen molar-refractivity contribution >= 4 is 46.9 Å². The fraction of sp³-hybridized carbons (Fsp3) is 0.143. The highest BCUT2D eigenvalue weighted by atomic mass is 35.5. The lowest BCUT2D eigenvalue weighted by atomic mass is 10.1. The molecular weight excluding hydrogens is 435 g/mol. The largest absolute Gasteiger partial charge is 0.483 e. The van der Waals surface area contributed by atoms with Crippen molar-refractivity contribution in [2.75, 3.05) is 6.61 Å². The zero-order chi connectivity index (χ0) is 21.0. The lowest BCUT2D eigenvalue weighted by molar-refractivity contribution is -0.123. The lowest BCUT2D eigenvalue weighted by Crippen LogP contribution is -2.24. The molecule has 29 heavy (non-hydrogen) atoms. The van der Waals surface area contributed by atoms with Gasteiger partial charge in [0.2, 0.25) is 0 Å². The maximum absolute atomic E-state index is 11.9. The second-order valence-electron chi connectivity index (χ2n) is 6.30. The topological polar surface area (TPSA) is 63.8 Å². The van der Waals surface area contributed by atoms with E-state index in [1.54, 1.807) is 24.3 Å². The Morgan fingerprint density at radius 1 is 1.07 bits per heavy atom. The zero-order valence-corrected chi connectivity index (χ0v) is 17.9. The van der Waals surface area contributed by atoms with Crippen LogP contribution in [0.25, 0.3) is 11.3 Å². The number of hydrogen-bond acceptors (Lipinski definition) is 4. The Bertz CT molecular complexity index is 1080. The minimum Gasteiger partial charge on any atom is -0.483 e. The molecule has 1 amide bonds. The van der Waals surface area contributed by atoms with Crippen LogP contribution in [0.15, 0.2) is 52.0 Å². The van der Waals surface area contributed by atoms with Gasteiger partial charge in [0.05, 0.1) is 21.3 Å². The Kier molecular flexibility index (Phi) is 6.85. The third kappa shape index (κ3) is 5.54. The number of rotatable bonds is 6. The van der Waals surface area contributed by atoms with Crippen LogP contribution >= 0.6 is 34.8 Å². The number of nitrogens with one attached hydrogen (secondary N) is 1. The molecule has 0 saturated heterocycles. The monoisotopic (exact) mass is 450 g/mol. The molecule has 0 bridgehead atoms. The van der Waals surface area contributed by atoms with Gasteiger partial charge in [0.25, 0.3) is 5.91 Å². The quantitative estimate of drug-likeness (QED) is 0.282. The number of aryl methyl sites for hydroxylation is 2. The first kappa shape index (κ1) is 21.2. The molecule has 0 aliphatic carbocycles. The Morgan fingerprint density at radius 2 is 1.83 bits per heavy atom. The highest BCUT2D eigenvalue weighted by Gasteiger charge is 2.11. The van der Waals surface area contributed by atoms with Crippen molar-refractivity contribution < 1.29 is 13.9 Å². The third-order valence-corrected chi connectivity index (χ3v) is 5.02. The Morgan fingerprint density at radius 3 is 2.62 bits per heavy atom. The van der Waals surface area contributed by atoms with Gasteiger partial charge < -0.3 is 9.15 Å². The van der Waals surface area contributed by atoms with Crippen molar-refractivity contribution in [1.29, 1.82) is 0 Å². The number of amides is 1. The van der Waals surface area contributed by atoms with E-state index in [1.165, 1.54) is 6.21 Å². The van der Waals surface area contributed by atoms with Crippen LogP contribution < -0.4 is 10.2 Å². The van der Waals surface area contributed by atoms with Crippen LogP contribution in [0.5, 0.6) is 5.75 Å². The van der Waals surface area contributed by atoms with E-state index in [0.717, 1.165) is 11.1 Å². The van der Waals surface area contributed by atoms with Crippen LogP contribution in [0, 0.1) is 13.8 Å². The molecule has 1 N–H and O–H groups in total. The van der Waals surface area contributed by atoms with E-state index < -0.39 is 0 Å². The third-order valence-electron chi connectivity index (χ3n) is 3.99. The van der Waals surface area contributed by atoms with Crippen LogP contribution in [0.2, 0.25) is 15.1 Å². The molecule has 2 aromatic carbocycles. The van der Waals surface area contributed by atoms with Crippen LogP contribution in [-0.4, -0.2) is 18.7 Å². The molecule has 3 aromatic rings. The Balaban J connectivity index is 1.58. The summed E-state index contributed by atoms with van der Waals surface area (Å²) in [5.74, 6) is 1.21. The number of halogens is 3. The van der Waals surface area contributed by atoms with Crippen molar-refractivity contribution in [1.82, 2.24) is 5.43 Å². The molecule has 150 valence electrons. The van der Waals surface area contributed by atoms with Crippen molar-refractivity contribution in [3.05, 3.63) is 74.4 Å². The summed E-state index contributed by atoms with van der Waals surface area (Å²) in [7, 11) is 0. The lowest BCUT2D eigenvalue weighted by Gasteiger charge is -2.08. The zero-order valence-electron chi connectivity index (χ0n) is 15.6. The molecule has 1 heterocycles. The number of carbonyl (C=O) groups excluding carboxylic acids is 1. The molecule has 8 heteroatoms. The predicted octanol–water partition coefficient (Wildman–Crippen LogP) is 6.05. The first-order chi connectivity index (χ1) is 13.8. The number of carbonyl (C=O) groups is 1. The molecule has 0 radical (unpaired) electrons. The fourth-order valence-corrected chi connectivity index (χ4v) is 3.12. The molecule has 3 rings (SSSR count). The summed E-state index contributed by atoms with van der Waals surface area (Å²) in [6.45, 7) is 3.73. The SMILES string of the molecule is Cc1ccc(C)c(OCC(=O)N/N=C/c2ccc(-c3cc(Cl)c(Cl)cc3Cl)o2)c1. The van der Waals surface area contributed by atoms with E-state index in [2.05, 4.69) is 10.5 Å². The van der Waals surface area contributed by atoms with E-state index in [9.17, 15) is 4.79 Å². The number of hydrazone groups is 1. The summed E-state index contributed by atoms with van der Waals surface area (Å²) < 4.78 is 11.2. The number of hydrogen-bond donors (Lipinski definition) is 1. The van der Waals surface area contributed by atoms with Gasteiger partial charge in [-0.2, -0.15) is 5.10 Å². The van der Waals surface area contributed by atoms with Gasteiger partial charge in [0, 0.05) is 5.56 Å². The number of benzene rings is 2. The van der Waals surface area contributed by atoms with Crippen molar-refractivity contribution in [2.24, 2.45) is 5.10 Å². The smallest absolute Gasteiger partial charge is 0.277 e. The van der Waals surface area contributed by atoms with Crippen LogP contribution in [-0.2, 0) is 4.79 Å². The van der Waals surface area contributed by atoms with E-state index >= 15 is 0 Å². The van der Waals surface area contributed by atoms with E-state index in [0.29, 0.717) is 37.9 Å². The summed E-state index contributed by atoms with van der Waals surface area (Å²) in [5, 5.41) is 5.02. The van der Waals surface area contributed by atoms with Gasteiger partial charge in [-0.1, -0.05) is 46.9 Å². The van der Waals surface area contributed by atoms with Crippen LogP contribution in [0.4, 0.5) is 0 Å². The van der Waals surface area contributed by atoms with Gasteiger partial charge >= 0.3 is 0 Å². The summed E-state index contributed by atoms with van der Waals surface area (Å²) in [6.07, 6.45) is 1.38. The van der Waals surface area contributed by atoms with Crippen molar-refractivity contribution in [2.45, 2.75) is 13.8 Å². The first-order valence-electron chi connectivity index (χ1n) is 8.60. The molecule has 0 aliphatic heterocycles. The number of furan rings is 1. The summed E-state index contributed by atoms with van der Waals surface area (Å²) >= 11 is 18.2. The van der Waals surface area contributed by atoms with Gasteiger partial charge in [-0.3, -0.25) is 4.79 Å². The van der Waals surface area contributed by atoms with Gasteiger partial charge in [-0.05, 0) is 55.3 Å². The van der Waals surface area contributed by atoms with Gasteiger partial charge in [0.1, 0.15) is 17.3 Å². The summed E-state index contributed by atoms with van der Waals surface area (Å²) in [5.41, 5.74) is 5.01. The first-order valence-corrected chi connectivity index (χ1v) is 9.73. The molecule has 1 aromatic heterocycles. The maximum Gasteiger partial charge on any atom is 0.277 e. The average molecular weight is 452 g/mol. The second kappa shape index (κ2) is 9.35. The normalized spacial score (nSPS) is 11.1. The Labute approximate surface area is 183 Å². The van der Waals surface area contributed by atoms with Gasteiger partial charge in [-0.25, -0.2) is 5.43 Å². The Hall–Kier alpha value is -2.47. The molecular formula is C21H17Cl3N2O3. The van der Waals surface area contributed by atoms with Crippen LogP contribution in [0.1, 0.15) is 16.9 Å². The number of ether oxygens (including phenoxy) is 1. The maximum atomic E-state index is 11.9. The van der Waals surface area contributed by atoms with E-state index in [1.807, 2.05) is 32.0 Å². The molecule has 0 spiro atoms. The second-order valence-corrected chi connectivity index (χ2v) is 7.52. The minimum absolute atomic E-state index is 0.149. The van der Waals surface area contributed by atoms with Crippen molar-refractivity contribution in [3.63, 3.8) is 0 Å². The van der Waals surface area contributed by atoms with Crippen molar-refractivity contribution in [3.8, 4) is 17.1 Å². The molecule has 0 saturated carbocycles. The molecule has 0 fully saturated rings. The highest BCUT2D eigenvalue weighted by molar-refractivity contribution is 6.44. The highest BCUT2D eigenvalue weighted by Crippen LogP contribution is 2.35. The molecule has 0 unspecified atom stereocenters. The molecule has 0 atom stereocenters. The summed E-state index contributed by atoms with van der Waals surface area (Å²) in [4.78, 5) is 11.9. The standard InChI is InChI=1S/C21H17Cl3N2O3/c1-12-3-4-13(2)20(7-12)28-11-21(27)26-25-10-14-5-6-19(29-14)15-8-17(23)18(24)9-16(15)22/h3-10H,11H2,1-2H3,(H,26,27)/b25-10+. The van der Waals surface area contributed by atoms with E-state index in [4.69, 9.17) is 44.0 Å². The minimum atomic E-state index is -0.388. The predicted molar refractivity (Wildman–Crippen MR) is 116 cm³/mol. The average Bonchev–Trinajstić information content (AvgIpc) is 3.14. The number of nitrogens with zero attached hydrogens (tertiary/aromatic N) is 1. The van der Waals surface area contributed by atoms with Gasteiger partial charge in [-0.15, -0.1) is 0 Å². The molecule has 5 nitrogen and oxygen atoms in total. The van der Waals surface area contributed by atoms with E-state index in [-0.39, 0.29) is 12.5 Å². The fourth-order valence-electron chi connectivity index (χ4n) is 2.48. The van der Waals surface area contributed by atoms with Crippen LogP contribution in [0.3, 0.4) is 0 Å². The molecule has 0 aliphatic rings. The summed E-state index contributed by atoms with van der Waals surface area (Å²) in [6, 6.07) is 12.4.